The minimum absolute atomic E-state index is 0.274. The largest absolute Gasteiger partial charge is 0.382 e. The lowest BCUT2D eigenvalue weighted by Crippen LogP contribution is -2.14. The molecule has 2 rings (SSSR count). The predicted molar refractivity (Wildman–Crippen MR) is 59.0 cm³/mol. The highest BCUT2D eigenvalue weighted by molar-refractivity contribution is 9.10. The van der Waals surface area contributed by atoms with Gasteiger partial charge in [0.2, 0.25) is 6.39 Å². The maximum absolute atomic E-state index is 11.2. The fourth-order valence-corrected chi connectivity index (χ4v) is 1.45. The molecule has 0 bridgehead atoms. The summed E-state index contributed by atoms with van der Waals surface area (Å²) in [7, 11) is 0. The molecule has 84 valence electrons. The molecule has 0 spiro atoms. The average Bonchev–Trinajstić information content (AvgIpc) is 2.77. The van der Waals surface area contributed by atoms with Crippen LogP contribution in [0.1, 0.15) is 5.82 Å². The number of H-pyrrole nitrogens is 1. The molecule has 0 aliphatic rings. The van der Waals surface area contributed by atoms with Crippen LogP contribution >= 0.6 is 15.9 Å². The Labute approximate surface area is 98.4 Å². The van der Waals surface area contributed by atoms with E-state index in [1.165, 1.54) is 12.6 Å². The van der Waals surface area contributed by atoms with Crippen LogP contribution in [0.3, 0.4) is 0 Å². The maximum Gasteiger partial charge on any atom is 0.280 e. The molecule has 2 aromatic heterocycles. The zero-order valence-electron chi connectivity index (χ0n) is 8.11. The van der Waals surface area contributed by atoms with Crippen molar-refractivity contribution in [3.05, 3.63) is 33.2 Å². The average molecular weight is 286 g/mol. The fraction of sp³-hybridized carbons (Fsp3) is 0.250. The van der Waals surface area contributed by atoms with Gasteiger partial charge in [-0.2, -0.15) is 10.1 Å². The number of rotatable bonds is 4. The van der Waals surface area contributed by atoms with Crippen molar-refractivity contribution in [3.8, 4) is 0 Å². The third-order valence-corrected chi connectivity index (χ3v) is 2.65. The smallest absolute Gasteiger partial charge is 0.280 e. The van der Waals surface area contributed by atoms with E-state index in [2.05, 4.69) is 46.1 Å². The zero-order valence-corrected chi connectivity index (χ0v) is 9.69. The van der Waals surface area contributed by atoms with Gasteiger partial charge in [-0.15, -0.1) is 0 Å². The van der Waals surface area contributed by atoms with Crippen LogP contribution in [0.2, 0.25) is 0 Å². The van der Waals surface area contributed by atoms with Gasteiger partial charge < -0.3 is 9.84 Å². The summed E-state index contributed by atoms with van der Waals surface area (Å²) in [5.74, 6) is 0.612. The summed E-state index contributed by atoms with van der Waals surface area (Å²) in [6, 6.07) is 0. The van der Waals surface area contributed by atoms with Crippen molar-refractivity contribution in [2.24, 2.45) is 0 Å². The van der Waals surface area contributed by atoms with Crippen molar-refractivity contribution >= 4 is 21.6 Å². The standard InChI is InChI=1S/C8H8BrN5O2/c9-7-5(3-12-13-8(7)15)10-2-1-6-11-4-16-14-6/h3-4H,1-2H2,(H2,10,13,15). The van der Waals surface area contributed by atoms with Gasteiger partial charge in [0.15, 0.2) is 5.82 Å². The lowest BCUT2D eigenvalue weighted by Gasteiger charge is -2.04. The van der Waals surface area contributed by atoms with E-state index in [1.807, 2.05) is 0 Å². The maximum atomic E-state index is 11.2. The second-order valence-corrected chi connectivity index (χ2v) is 3.74. The highest BCUT2D eigenvalue weighted by atomic mass is 79.9. The van der Waals surface area contributed by atoms with E-state index in [0.29, 0.717) is 29.0 Å². The Bertz CT molecular complexity index is 509. The highest BCUT2D eigenvalue weighted by Gasteiger charge is 2.04. The molecule has 0 amide bonds. The quantitative estimate of drug-likeness (QED) is 0.853. The molecule has 2 N–H and O–H groups in total. The third-order valence-electron chi connectivity index (χ3n) is 1.87. The molecule has 2 heterocycles. The minimum atomic E-state index is -0.274. The van der Waals surface area contributed by atoms with Crippen LogP contribution in [0.25, 0.3) is 0 Å². The molecular weight excluding hydrogens is 278 g/mol. The number of halogens is 1. The molecule has 7 nitrogen and oxygen atoms in total. The summed E-state index contributed by atoms with van der Waals surface area (Å²) in [5.41, 5.74) is 0.358. The van der Waals surface area contributed by atoms with Crippen LogP contribution in [-0.2, 0) is 6.42 Å². The number of nitrogens with one attached hydrogen (secondary N) is 2. The SMILES string of the molecule is O=c1[nH]ncc(NCCc2ncon2)c1Br. The fourth-order valence-electron chi connectivity index (χ4n) is 1.12. The lowest BCUT2D eigenvalue weighted by atomic mass is 10.4. The second kappa shape index (κ2) is 4.88. The molecular formula is C8H8BrN5O2. The van der Waals surface area contributed by atoms with E-state index in [1.54, 1.807) is 0 Å². The Morgan fingerprint density at radius 1 is 1.56 bits per heavy atom. The molecule has 0 aliphatic heterocycles. The lowest BCUT2D eigenvalue weighted by molar-refractivity contribution is 0.410. The van der Waals surface area contributed by atoms with Crippen LogP contribution in [0.5, 0.6) is 0 Å². The van der Waals surface area contributed by atoms with Gasteiger partial charge in [0.25, 0.3) is 5.56 Å². The van der Waals surface area contributed by atoms with Crippen molar-refractivity contribution in [1.82, 2.24) is 20.3 Å². The van der Waals surface area contributed by atoms with E-state index in [-0.39, 0.29) is 5.56 Å². The number of aromatic nitrogens is 4. The Morgan fingerprint density at radius 2 is 2.44 bits per heavy atom. The second-order valence-electron chi connectivity index (χ2n) is 2.95. The molecule has 16 heavy (non-hydrogen) atoms. The zero-order chi connectivity index (χ0) is 11.4. The molecule has 0 aromatic carbocycles. The summed E-state index contributed by atoms with van der Waals surface area (Å²) in [6.45, 7) is 0.587. The first kappa shape index (κ1) is 10.8. The summed E-state index contributed by atoms with van der Waals surface area (Å²) in [4.78, 5) is 15.1. The van der Waals surface area contributed by atoms with Gasteiger partial charge in [0, 0.05) is 13.0 Å². The van der Waals surface area contributed by atoms with Gasteiger partial charge in [-0.1, -0.05) is 5.16 Å². The van der Waals surface area contributed by atoms with E-state index >= 15 is 0 Å². The van der Waals surface area contributed by atoms with E-state index in [9.17, 15) is 4.79 Å². The topological polar surface area (TPSA) is 96.7 Å². The Balaban J connectivity index is 1.95. The molecule has 0 aliphatic carbocycles. The Hall–Kier alpha value is -1.70. The van der Waals surface area contributed by atoms with Crippen LogP contribution in [0.4, 0.5) is 5.69 Å². The number of hydrogen-bond acceptors (Lipinski definition) is 6. The van der Waals surface area contributed by atoms with Gasteiger partial charge in [-0.3, -0.25) is 4.79 Å². The molecule has 0 saturated heterocycles. The number of anilines is 1. The molecule has 0 unspecified atom stereocenters. The predicted octanol–water partition coefficient (Wildman–Crippen LogP) is 0.570. The molecule has 0 atom stereocenters. The minimum Gasteiger partial charge on any atom is -0.382 e. The van der Waals surface area contributed by atoms with Gasteiger partial charge in [-0.25, -0.2) is 5.10 Å². The van der Waals surface area contributed by atoms with Crippen LogP contribution in [-0.4, -0.2) is 26.9 Å². The van der Waals surface area contributed by atoms with Crippen LogP contribution in [0.15, 0.2) is 26.4 Å². The Morgan fingerprint density at radius 3 is 3.19 bits per heavy atom. The molecule has 0 radical (unpaired) electrons. The van der Waals surface area contributed by atoms with Crippen molar-refractivity contribution in [1.29, 1.82) is 0 Å². The van der Waals surface area contributed by atoms with Gasteiger partial charge in [0.1, 0.15) is 4.47 Å². The molecule has 0 saturated carbocycles. The van der Waals surface area contributed by atoms with Gasteiger partial charge in [-0.05, 0) is 15.9 Å². The number of aromatic amines is 1. The van der Waals surface area contributed by atoms with Crippen molar-refractivity contribution < 1.29 is 4.52 Å². The van der Waals surface area contributed by atoms with Gasteiger partial charge in [0.05, 0.1) is 11.9 Å². The van der Waals surface area contributed by atoms with Gasteiger partial charge >= 0.3 is 0 Å². The summed E-state index contributed by atoms with van der Waals surface area (Å²) >= 11 is 3.16. The first-order valence-corrected chi connectivity index (χ1v) is 5.29. The van der Waals surface area contributed by atoms with Crippen molar-refractivity contribution in [3.63, 3.8) is 0 Å². The van der Waals surface area contributed by atoms with E-state index < -0.39 is 0 Å². The summed E-state index contributed by atoms with van der Waals surface area (Å²) in [6.07, 6.45) is 3.41. The Kier molecular flexibility index (Phi) is 3.30. The first-order chi connectivity index (χ1) is 7.77. The molecule has 0 fully saturated rings. The van der Waals surface area contributed by atoms with Crippen molar-refractivity contribution in [2.75, 3.05) is 11.9 Å². The third kappa shape index (κ3) is 2.45. The number of nitrogens with zero attached hydrogens (tertiary/aromatic N) is 3. The van der Waals surface area contributed by atoms with E-state index in [4.69, 9.17) is 0 Å². The monoisotopic (exact) mass is 285 g/mol. The van der Waals surface area contributed by atoms with E-state index in [0.717, 1.165) is 0 Å². The van der Waals surface area contributed by atoms with Crippen LogP contribution in [0, 0.1) is 0 Å². The van der Waals surface area contributed by atoms with Crippen LogP contribution < -0.4 is 10.9 Å². The normalized spacial score (nSPS) is 10.3. The first-order valence-electron chi connectivity index (χ1n) is 4.49. The summed E-state index contributed by atoms with van der Waals surface area (Å²) < 4.78 is 5.02. The molecule has 8 heteroatoms. The highest BCUT2D eigenvalue weighted by Crippen LogP contribution is 2.14. The van der Waals surface area contributed by atoms with Crippen molar-refractivity contribution in [2.45, 2.75) is 6.42 Å². The summed E-state index contributed by atoms with van der Waals surface area (Å²) in [5, 5.41) is 12.7. The number of hydrogen-bond donors (Lipinski definition) is 2. The molecule has 2 aromatic rings.